The van der Waals surface area contributed by atoms with Crippen LogP contribution in [0.3, 0.4) is 0 Å². The van der Waals surface area contributed by atoms with Crippen molar-refractivity contribution in [2.45, 2.75) is 6.42 Å². The number of aromatic nitrogens is 1. The van der Waals surface area contributed by atoms with Gasteiger partial charge in [-0.25, -0.2) is 0 Å². The highest BCUT2D eigenvalue weighted by molar-refractivity contribution is 5.70. The fourth-order valence-corrected chi connectivity index (χ4v) is 0.810. The third-order valence-electron chi connectivity index (χ3n) is 1.29. The number of carboxylic acids is 1. The Bertz CT molecular complexity index is 254. The van der Waals surface area contributed by atoms with Gasteiger partial charge in [0.15, 0.2) is 5.88 Å². The molecule has 60 valence electrons. The Hall–Kier alpha value is -1.45. The molecule has 0 atom stereocenters. The SMILES string of the molecule is COc1cc(CC(=O)O)c[nH]1. The Kier molecular flexibility index (Phi) is 2.15. The summed E-state index contributed by atoms with van der Waals surface area (Å²) in [7, 11) is 1.52. The zero-order valence-electron chi connectivity index (χ0n) is 6.13. The van der Waals surface area contributed by atoms with Crippen LogP contribution in [0.1, 0.15) is 5.56 Å². The molecule has 1 aromatic rings. The van der Waals surface area contributed by atoms with E-state index in [-0.39, 0.29) is 6.42 Å². The standard InChI is InChI=1S/C7H9NO3/c1-11-6-2-5(4-8-6)3-7(9)10/h2,4,8H,3H2,1H3,(H,9,10). The second kappa shape index (κ2) is 3.09. The summed E-state index contributed by atoms with van der Waals surface area (Å²) in [6.07, 6.45) is 1.65. The smallest absolute Gasteiger partial charge is 0.307 e. The number of ether oxygens (including phenoxy) is 1. The second-order valence-corrected chi connectivity index (χ2v) is 2.15. The van der Waals surface area contributed by atoms with Crippen LogP contribution in [0.2, 0.25) is 0 Å². The molecule has 0 spiro atoms. The first-order chi connectivity index (χ1) is 5.22. The predicted octanol–water partition coefficient (Wildman–Crippen LogP) is 0.650. The highest BCUT2D eigenvalue weighted by Crippen LogP contribution is 2.10. The highest BCUT2D eigenvalue weighted by atomic mass is 16.5. The number of aliphatic carboxylic acids is 1. The van der Waals surface area contributed by atoms with E-state index in [1.165, 1.54) is 7.11 Å². The van der Waals surface area contributed by atoms with Gasteiger partial charge in [-0.15, -0.1) is 0 Å². The van der Waals surface area contributed by atoms with Crippen molar-refractivity contribution in [2.75, 3.05) is 7.11 Å². The minimum Gasteiger partial charge on any atom is -0.482 e. The van der Waals surface area contributed by atoms with Crippen LogP contribution in [0.5, 0.6) is 5.88 Å². The van der Waals surface area contributed by atoms with Gasteiger partial charge in [0.05, 0.1) is 13.5 Å². The van der Waals surface area contributed by atoms with Crippen LogP contribution >= 0.6 is 0 Å². The van der Waals surface area contributed by atoms with Gasteiger partial charge in [0.2, 0.25) is 0 Å². The van der Waals surface area contributed by atoms with Gasteiger partial charge in [-0.05, 0) is 5.56 Å². The Labute approximate surface area is 63.8 Å². The molecule has 0 aromatic carbocycles. The number of H-pyrrole nitrogens is 1. The number of hydrogen-bond donors (Lipinski definition) is 2. The van der Waals surface area contributed by atoms with Crippen LogP contribution in [-0.4, -0.2) is 23.2 Å². The minimum atomic E-state index is -0.841. The monoisotopic (exact) mass is 155 g/mol. The van der Waals surface area contributed by atoms with E-state index in [4.69, 9.17) is 9.84 Å². The zero-order valence-corrected chi connectivity index (χ0v) is 6.13. The van der Waals surface area contributed by atoms with Crippen molar-refractivity contribution in [3.05, 3.63) is 17.8 Å². The lowest BCUT2D eigenvalue weighted by Gasteiger charge is -1.89. The van der Waals surface area contributed by atoms with Gasteiger partial charge in [0.1, 0.15) is 0 Å². The molecule has 4 heteroatoms. The molecule has 0 amide bonds. The molecule has 0 saturated carbocycles. The van der Waals surface area contributed by atoms with Crippen LogP contribution in [0.15, 0.2) is 12.3 Å². The topological polar surface area (TPSA) is 62.3 Å². The lowest BCUT2D eigenvalue weighted by molar-refractivity contribution is -0.136. The Morgan fingerprint density at radius 1 is 1.82 bits per heavy atom. The average Bonchev–Trinajstić information content (AvgIpc) is 2.34. The number of methoxy groups -OCH3 is 1. The van der Waals surface area contributed by atoms with Crippen molar-refractivity contribution in [1.82, 2.24) is 4.98 Å². The number of rotatable bonds is 3. The summed E-state index contributed by atoms with van der Waals surface area (Å²) in [4.78, 5) is 13.0. The van der Waals surface area contributed by atoms with Crippen LogP contribution in [0, 0.1) is 0 Å². The summed E-state index contributed by atoms with van der Waals surface area (Å²) in [5, 5.41) is 8.39. The van der Waals surface area contributed by atoms with Crippen molar-refractivity contribution in [3.63, 3.8) is 0 Å². The first-order valence-electron chi connectivity index (χ1n) is 3.15. The molecule has 2 N–H and O–H groups in total. The fourth-order valence-electron chi connectivity index (χ4n) is 0.810. The molecule has 0 aliphatic carbocycles. The summed E-state index contributed by atoms with van der Waals surface area (Å²) >= 11 is 0. The van der Waals surface area contributed by atoms with E-state index in [1.807, 2.05) is 0 Å². The Morgan fingerprint density at radius 3 is 3.00 bits per heavy atom. The third kappa shape index (κ3) is 2.00. The molecule has 1 heterocycles. The van der Waals surface area contributed by atoms with E-state index < -0.39 is 5.97 Å². The number of carbonyl (C=O) groups is 1. The van der Waals surface area contributed by atoms with Crippen molar-refractivity contribution < 1.29 is 14.6 Å². The van der Waals surface area contributed by atoms with Crippen LogP contribution in [0.4, 0.5) is 0 Å². The largest absolute Gasteiger partial charge is 0.482 e. The molecule has 0 saturated heterocycles. The second-order valence-electron chi connectivity index (χ2n) is 2.15. The molecule has 11 heavy (non-hydrogen) atoms. The first kappa shape index (κ1) is 7.65. The van der Waals surface area contributed by atoms with Crippen LogP contribution < -0.4 is 4.74 Å². The maximum absolute atomic E-state index is 10.2. The fraction of sp³-hybridized carbons (Fsp3) is 0.286. The summed E-state index contributed by atoms with van der Waals surface area (Å²) in [6.45, 7) is 0. The summed E-state index contributed by atoms with van der Waals surface area (Å²) in [6, 6.07) is 1.66. The molecular formula is C7H9NO3. The third-order valence-corrected chi connectivity index (χ3v) is 1.29. The highest BCUT2D eigenvalue weighted by Gasteiger charge is 2.02. The number of aromatic amines is 1. The van der Waals surface area contributed by atoms with E-state index in [9.17, 15) is 4.79 Å². The van der Waals surface area contributed by atoms with Crippen molar-refractivity contribution >= 4 is 5.97 Å². The van der Waals surface area contributed by atoms with Gasteiger partial charge >= 0.3 is 5.97 Å². The van der Waals surface area contributed by atoms with Gasteiger partial charge in [-0.2, -0.15) is 0 Å². The summed E-state index contributed by atoms with van der Waals surface area (Å²) in [5.74, 6) is -0.257. The van der Waals surface area contributed by atoms with Crippen molar-refractivity contribution in [1.29, 1.82) is 0 Å². The molecule has 1 rings (SSSR count). The van der Waals surface area contributed by atoms with Gasteiger partial charge in [-0.1, -0.05) is 0 Å². The van der Waals surface area contributed by atoms with Crippen molar-refractivity contribution in [2.24, 2.45) is 0 Å². The van der Waals surface area contributed by atoms with E-state index in [2.05, 4.69) is 4.98 Å². The Morgan fingerprint density at radius 2 is 2.55 bits per heavy atom. The van der Waals surface area contributed by atoms with Crippen LogP contribution in [-0.2, 0) is 11.2 Å². The van der Waals surface area contributed by atoms with Gasteiger partial charge in [0, 0.05) is 12.3 Å². The molecule has 0 aliphatic heterocycles. The van der Waals surface area contributed by atoms with Gasteiger partial charge < -0.3 is 14.8 Å². The normalized spacial score (nSPS) is 9.55. The summed E-state index contributed by atoms with van der Waals surface area (Å²) in [5.41, 5.74) is 0.717. The molecule has 0 radical (unpaired) electrons. The van der Waals surface area contributed by atoms with Crippen molar-refractivity contribution in [3.8, 4) is 5.88 Å². The molecule has 0 unspecified atom stereocenters. The molecule has 4 nitrogen and oxygen atoms in total. The number of nitrogens with one attached hydrogen (secondary N) is 1. The quantitative estimate of drug-likeness (QED) is 0.673. The lowest BCUT2D eigenvalue weighted by atomic mass is 10.2. The van der Waals surface area contributed by atoms with Gasteiger partial charge in [-0.3, -0.25) is 4.79 Å². The minimum absolute atomic E-state index is 0.0276. The van der Waals surface area contributed by atoms with E-state index in [1.54, 1.807) is 12.3 Å². The van der Waals surface area contributed by atoms with Gasteiger partial charge in [0.25, 0.3) is 0 Å². The van der Waals surface area contributed by atoms with Crippen LogP contribution in [0.25, 0.3) is 0 Å². The van der Waals surface area contributed by atoms with E-state index in [0.717, 1.165) is 0 Å². The maximum atomic E-state index is 10.2. The summed E-state index contributed by atoms with van der Waals surface area (Å²) < 4.78 is 4.83. The molecule has 0 aliphatic rings. The Balaban J connectivity index is 2.65. The van der Waals surface area contributed by atoms with E-state index >= 15 is 0 Å². The zero-order chi connectivity index (χ0) is 8.27. The molecule has 1 aromatic heterocycles. The molecule has 0 fully saturated rings. The first-order valence-corrected chi connectivity index (χ1v) is 3.15. The molecular weight excluding hydrogens is 146 g/mol. The number of carboxylic acid groups (broad SMARTS) is 1. The number of hydrogen-bond acceptors (Lipinski definition) is 2. The maximum Gasteiger partial charge on any atom is 0.307 e. The lowest BCUT2D eigenvalue weighted by Crippen LogP contribution is -1.97. The predicted molar refractivity (Wildman–Crippen MR) is 38.7 cm³/mol. The average molecular weight is 155 g/mol. The van der Waals surface area contributed by atoms with E-state index in [0.29, 0.717) is 11.4 Å². The molecule has 0 bridgehead atoms.